The van der Waals surface area contributed by atoms with Gasteiger partial charge >= 0.3 is 7.12 Å². The van der Waals surface area contributed by atoms with Crippen LogP contribution < -0.4 is 5.46 Å². The molecule has 0 amide bonds. The predicted molar refractivity (Wildman–Crippen MR) is 36.1 cm³/mol. The first kappa shape index (κ1) is 14.5. The molecule has 0 aliphatic rings. The molecule has 1 rings (SSSR count). The molecular formula is C6H2BF5O2Ru. The molecule has 9 heteroatoms. The van der Waals surface area contributed by atoms with Crippen molar-refractivity contribution in [2.45, 2.75) is 0 Å². The fourth-order valence-electron chi connectivity index (χ4n) is 0.849. The van der Waals surface area contributed by atoms with Crippen LogP contribution in [0.5, 0.6) is 0 Å². The SMILES string of the molecule is OB(O)c1c(F)c(F)c(F)c(F)c1F.[Ru]. The van der Waals surface area contributed by atoms with Crippen LogP contribution in [-0.4, -0.2) is 17.2 Å². The van der Waals surface area contributed by atoms with Crippen LogP contribution in [0, 0.1) is 29.1 Å². The minimum Gasteiger partial charge on any atom is -0.423 e. The maximum absolute atomic E-state index is 12.6. The number of benzene rings is 1. The molecule has 0 bridgehead atoms. The molecule has 0 atom stereocenters. The second-order valence-electron chi connectivity index (χ2n) is 2.36. The largest absolute Gasteiger partial charge is 0.494 e. The third-order valence-electron chi connectivity index (χ3n) is 1.50. The second kappa shape index (κ2) is 5.00. The zero-order valence-corrected chi connectivity index (χ0v) is 8.45. The van der Waals surface area contributed by atoms with E-state index in [1.165, 1.54) is 0 Å². The molecule has 1 aromatic rings. The van der Waals surface area contributed by atoms with Crippen LogP contribution in [-0.2, 0) is 19.5 Å². The van der Waals surface area contributed by atoms with Gasteiger partial charge in [-0.3, -0.25) is 0 Å². The van der Waals surface area contributed by atoms with Gasteiger partial charge in [0, 0.05) is 19.5 Å². The van der Waals surface area contributed by atoms with Crippen molar-refractivity contribution >= 4 is 12.6 Å². The molecule has 0 saturated heterocycles. The number of rotatable bonds is 1. The van der Waals surface area contributed by atoms with Crippen LogP contribution in [0.3, 0.4) is 0 Å². The van der Waals surface area contributed by atoms with Crippen molar-refractivity contribution < 1.29 is 51.5 Å². The van der Waals surface area contributed by atoms with E-state index in [1.54, 1.807) is 0 Å². The van der Waals surface area contributed by atoms with Gasteiger partial charge in [0.15, 0.2) is 29.1 Å². The summed E-state index contributed by atoms with van der Waals surface area (Å²) in [7, 11) is -2.76. The average molecular weight is 313 g/mol. The van der Waals surface area contributed by atoms with Gasteiger partial charge in [0.05, 0.1) is 5.46 Å². The molecule has 1 aromatic carbocycles. The summed E-state index contributed by atoms with van der Waals surface area (Å²) in [6.07, 6.45) is 0. The molecule has 0 aliphatic heterocycles. The average Bonchev–Trinajstić information content (AvgIpc) is 2.11. The van der Waals surface area contributed by atoms with Crippen molar-refractivity contribution in [2.75, 3.05) is 0 Å². The standard InChI is InChI=1S/C6H2BF5O2.Ru/c8-2-1(7(13)14)3(9)5(11)6(12)4(2)10;/h13-14H;. The third kappa shape index (κ3) is 2.35. The first-order valence-electron chi connectivity index (χ1n) is 3.25. The Morgan fingerprint density at radius 2 is 0.933 bits per heavy atom. The van der Waals surface area contributed by atoms with E-state index in [4.69, 9.17) is 10.0 Å². The molecule has 0 fully saturated rings. The molecule has 0 aliphatic carbocycles. The van der Waals surface area contributed by atoms with E-state index in [0.29, 0.717) is 0 Å². The van der Waals surface area contributed by atoms with Crippen LogP contribution in [0.4, 0.5) is 22.0 Å². The van der Waals surface area contributed by atoms with E-state index in [1.807, 2.05) is 0 Å². The fraction of sp³-hybridized carbons (Fsp3) is 0. The van der Waals surface area contributed by atoms with Crippen LogP contribution in [0.15, 0.2) is 0 Å². The molecule has 0 radical (unpaired) electrons. The molecule has 0 aromatic heterocycles. The Labute approximate surface area is 93.6 Å². The van der Waals surface area contributed by atoms with Gasteiger partial charge in [0.2, 0.25) is 0 Å². The maximum Gasteiger partial charge on any atom is 0.494 e. The summed E-state index contributed by atoms with van der Waals surface area (Å²) in [6.45, 7) is 0. The van der Waals surface area contributed by atoms with Crippen LogP contribution in [0.25, 0.3) is 0 Å². The Morgan fingerprint density at radius 3 is 1.20 bits per heavy atom. The zero-order valence-electron chi connectivity index (χ0n) is 6.72. The summed E-state index contributed by atoms with van der Waals surface area (Å²) in [5.74, 6) is -11.3. The number of hydrogen-bond donors (Lipinski definition) is 2. The van der Waals surface area contributed by atoms with Crippen LogP contribution in [0.2, 0.25) is 0 Å². The summed E-state index contributed by atoms with van der Waals surface area (Å²) in [5.41, 5.74) is -1.67. The summed E-state index contributed by atoms with van der Waals surface area (Å²) < 4.78 is 62.4. The maximum atomic E-state index is 12.6. The zero-order chi connectivity index (χ0) is 11.0. The molecule has 0 heterocycles. The van der Waals surface area contributed by atoms with Gasteiger partial charge in [-0.05, 0) is 0 Å². The predicted octanol–water partition coefficient (Wildman–Crippen LogP) is 0.0594. The third-order valence-corrected chi connectivity index (χ3v) is 1.50. The van der Waals surface area contributed by atoms with Gasteiger partial charge in [0.1, 0.15) is 0 Å². The molecule has 2 nitrogen and oxygen atoms in total. The van der Waals surface area contributed by atoms with Gasteiger partial charge in [-0.2, -0.15) is 0 Å². The Bertz CT molecular complexity index is 357. The van der Waals surface area contributed by atoms with Gasteiger partial charge in [-0.1, -0.05) is 0 Å². The van der Waals surface area contributed by atoms with Gasteiger partial charge in [-0.25, -0.2) is 22.0 Å². The van der Waals surface area contributed by atoms with E-state index < -0.39 is 41.7 Å². The van der Waals surface area contributed by atoms with Gasteiger partial charge in [-0.15, -0.1) is 0 Å². The number of hydrogen-bond acceptors (Lipinski definition) is 2. The second-order valence-corrected chi connectivity index (χ2v) is 2.36. The van der Waals surface area contributed by atoms with Crippen molar-refractivity contribution in [3.05, 3.63) is 29.1 Å². The van der Waals surface area contributed by atoms with E-state index >= 15 is 0 Å². The Hall–Kier alpha value is -0.522. The summed E-state index contributed by atoms with van der Waals surface area (Å²) in [6, 6.07) is 0. The Kier molecular flexibility index (Phi) is 4.83. The molecule has 0 spiro atoms. The number of halogens is 5. The molecule has 0 unspecified atom stereocenters. The van der Waals surface area contributed by atoms with E-state index in [0.717, 1.165) is 0 Å². The van der Waals surface area contributed by atoms with Gasteiger partial charge in [0.25, 0.3) is 0 Å². The Morgan fingerprint density at radius 1 is 0.667 bits per heavy atom. The Balaban J connectivity index is 0.00000196. The molecule has 0 saturated carbocycles. The summed E-state index contributed by atoms with van der Waals surface area (Å²) in [4.78, 5) is 0. The molecular weight excluding hydrogens is 311 g/mol. The smallest absolute Gasteiger partial charge is 0.423 e. The monoisotopic (exact) mass is 314 g/mol. The van der Waals surface area contributed by atoms with Crippen molar-refractivity contribution in [3.63, 3.8) is 0 Å². The topological polar surface area (TPSA) is 40.5 Å². The van der Waals surface area contributed by atoms with Crippen molar-refractivity contribution in [1.29, 1.82) is 0 Å². The van der Waals surface area contributed by atoms with E-state index in [2.05, 4.69) is 0 Å². The van der Waals surface area contributed by atoms with E-state index in [9.17, 15) is 22.0 Å². The first-order valence-corrected chi connectivity index (χ1v) is 3.25. The molecule has 84 valence electrons. The van der Waals surface area contributed by atoms with Crippen molar-refractivity contribution in [3.8, 4) is 0 Å². The summed E-state index contributed by atoms with van der Waals surface area (Å²) >= 11 is 0. The van der Waals surface area contributed by atoms with Crippen LogP contribution in [0.1, 0.15) is 0 Å². The van der Waals surface area contributed by atoms with Crippen LogP contribution >= 0.6 is 0 Å². The normalized spacial score (nSPS) is 9.80. The van der Waals surface area contributed by atoms with Crippen molar-refractivity contribution in [1.82, 2.24) is 0 Å². The molecule has 15 heavy (non-hydrogen) atoms. The van der Waals surface area contributed by atoms with Gasteiger partial charge < -0.3 is 10.0 Å². The first-order chi connectivity index (χ1) is 6.37. The fourth-order valence-corrected chi connectivity index (χ4v) is 0.849. The quantitative estimate of drug-likeness (QED) is 0.333. The van der Waals surface area contributed by atoms with Crippen molar-refractivity contribution in [2.24, 2.45) is 0 Å². The summed E-state index contributed by atoms with van der Waals surface area (Å²) in [5, 5.41) is 16.7. The minimum atomic E-state index is -2.76. The van der Waals surface area contributed by atoms with E-state index in [-0.39, 0.29) is 19.5 Å². The molecule has 2 N–H and O–H groups in total. The minimum absolute atomic E-state index is 0.